The van der Waals surface area contributed by atoms with E-state index in [1.807, 2.05) is 6.07 Å². The maximum absolute atomic E-state index is 12.5. The van der Waals surface area contributed by atoms with Crippen LogP contribution < -0.4 is 10.1 Å². The van der Waals surface area contributed by atoms with Gasteiger partial charge in [-0.2, -0.15) is 0 Å². The van der Waals surface area contributed by atoms with E-state index in [0.717, 1.165) is 38.2 Å². The SMILES string of the molecule is Cl.FC(F)(F)Oc1cc(Br)cc([C@@H](CC2CC2)N2CCNCC2)c1. The summed E-state index contributed by atoms with van der Waals surface area (Å²) >= 11 is 3.32. The van der Waals surface area contributed by atoms with Crippen LogP contribution >= 0.6 is 28.3 Å². The molecule has 1 saturated heterocycles. The molecular formula is C16H21BrClF3N2O. The van der Waals surface area contributed by atoms with Gasteiger partial charge in [-0.1, -0.05) is 28.8 Å². The molecular weight excluding hydrogens is 409 g/mol. The minimum atomic E-state index is -4.67. The van der Waals surface area contributed by atoms with Gasteiger partial charge in [-0.15, -0.1) is 25.6 Å². The van der Waals surface area contributed by atoms with Crippen molar-refractivity contribution in [1.29, 1.82) is 0 Å². The number of benzene rings is 1. The van der Waals surface area contributed by atoms with Gasteiger partial charge < -0.3 is 10.1 Å². The van der Waals surface area contributed by atoms with E-state index in [4.69, 9.17) is 0 Å². The zero-order valence-electron chi connectivity index (χ0n) is 13.1. The standard InChI is InChI=1S/C16H20BrF3N2O.ClH/c17-13-8-12(9-14(10-13)23-16(18,19)20)15(7-11-1-2-11)22-5-3-21-4-6-22;/h8-11,15,21H,1-7H2;1H/t15-;/m1./s1. The molecule has 0 amide bonds. The molecule has 1 saturated carbocycles. The van der Waals surface area contributed by atoms with Crippen LogP contribution in [0.2, 0.25) is 0 Å². The van der Waals surface area contributed by atoms with Crippen molar-refractivity contribution in [3.8, 4) is 5.75 Å². The van der Waals surface area contributed by atoms with Gasteiger partial charge in [0.2, 0.25) is 0 Å². The minimum Gasteiger partial charge on any atom is -0.406 e. The number of piperazine rings is 1. The Bertz CT molecular complexity index is 549. The third kappa shape index (κ3) is 5.79. The van der Waals surface area contributed by atoms with E-state index >= 15 is 0 Å². The number of rotatable bonds is 5. The largest absolute Gasteiger partial charge is 0.573 e. The summed E-state index contributed by atoms with van der Waals surface area (Å²) in [4.78, 5) is 2.37. The van der Waals surface area contributed by atoms with Crippen molar-refractivity contribution >= 4 is 28.3 Å². The molecule has 3 rings (SSSR count). The molecule has 1 aliphatic heterocycles. The lowest BCUT2D eigenvalue weighted by molar-refractivity contribution is -0.274. The molecule has 1 aromatic rings. The molecule has 0 unspecified atom stereocenters. The number of nitrogens with one attached hydrogen (secondary N) is 1. The number of hydrogen-bond acceptors (Lipinski definition) is 3. The van der Waals surface area contributed by atoms with Crippen molar-refractivity contribution in [1.82, 2.24) is 10.2 Å². The van der Waals surface area contributed by atoms with Crippen LogP contribution in [-0.4, -0.2) is 37.4 Å². The van der Waals surface area contributed by atoms with E-state index in [-0.39, 0.29) is 24.2 Å². The van der Waals surface area contributed by atoms with Crippen LogP contribution in [-0.2, 0) is 0 Å². The summed E-state index contributed by atoms with van der Waals surface area (Å²) in [6.45, 7) is 3.67. The Morgan fingerprint density at radius 2 is 1.88 bits per heavy atom. The zero-order valence-corrected chi connectivity index (χ0v) is 15.5. The Morgan fingerprint density at radius 3 is 2.46 bits per heavy atom. The van der Waals surface area contributed by atoms with Gasteiger partial charge in [0.05, 0.1) is 0 Å². The van der Waals surface area contributed by atoms with Gasteiger partial charge in [-0.3, -0.25) is 4.90 Å². The average molecular weight is 430 g/mol. The molecule has 2 fully saturated rings. The molecule has 1 N–H and O–H groups in total. The van der Waals surface area contributed by atoms with Gasteiger partial charge in [0.15, 0.2) is 0 Å². The second kappa shape index (κ2) is 8.25. The summed E-state index contributed by atoms with van der Waals surface area (Å²) in [6, 6.07) is 4.96. The summed E-state index contributed by atoms with van der Waals surface area (Å²) in [5.74, 6) is 0.540. The molecule has 2 aliphatic rings. The monoisotopic (exact) mass is 428 g/mol. The van der Waals surface area contributed by atoms with Gasteiger partial charge in [0.25, 0.3) is 0 Å². The Labute approximate surface area is 154 Å². The molecule has 1 aliphatic carbocycles. The fourth-order valence-corrected chi connectivity index (χ4v) is 3.62. The molecule has 1 heterocycles. The van der Waals surface area contributed by atoms with Gasteiger partial charge in [-0.25, -0.2) is 0 Å². The van der Waals surface area contributed by atoms with Crippen LogP contribution in [0.1, 0.15) is 30.9 Å². The number of hydrogen-bond donors (Lipinski definition) is 1. The quantitative estimate of drug-likeness (QED) is 0.745. The van der Waals surface area contributed by atoms with Crippen molar-refractivity contribution in [2.45, 2.75) is 31.7 Å². The van der Waals surface area contributed by atoms with Crippen molar-refractivity contribution < 1.29 is 17.9 Å². The maximum Gasteiger partial charge on any atom is 0.573 e. The first kappa shape index (κ1) is 19.8. The van der Waals surface area contributed by atoms with E-state index in [1.165, 1.54) is 25.0 Å². The summed E-state index contributed by atoms with van der Waals surface area (Å²) in [6.07, 6.45) is -1.22. The fourth-order valence-electron chi connectivity index (χ4n) is 3.13. The van der Waals surface area contributed by atoms with Crippen molar-refractivity contribution in [3.63, 3.8) is 0 Å². The van der Waals surface area contributed by atoms with Crippen LogP contribution in [0.25, 0.3) is 0 Å². The molecule has 3 nitrogen and oxygen atoms in total. The van der Waals surface area contributed by atoms with Gasteiger partial charge in [-0.05, 0) is 36.1 Å². The number of ether oxygens (including phenoxy) is 1. The predicted octanol–water partition coefficient (Wildman–Crippen LogP) is 4.52. The lowest BCUT2D eigenvalue weighted by atomic mass is 9.98. The summed E-state index contributed by atoms with van der Waals surface area (Å²) in [5.41, 5.74) is 0.896. The third-order valence-electron chi connectivity index (χ3n) is 4.36. The molecule has 0 bridgehead atoms. The number of halogens is 5. The molecule has 0 aromatic heterocycles. The second-order valence-corrected chi connectivity index (χ2v) is 7.16. The molecule has 136 valence electrons. The number of nitrogens with zero attached hydrogens (tertiary/aromatic N) is 1. The van der Waals surface area contributed by atoms with Crippen LogP contribution in [0.15, 0.2) is 22.7 Å². The summed E-state index contributed by atoms with van der Waals surface area (Å²) in [5, 5.41) is 3.32. The van der Waals surface area contributed by atoms with Gasteiger partial charge in [0.1, 0.15) is 5.75 Å². The zero-order chi connectivity index (χ0) is 16.4. The van der Waals surface area contributed by atoms with Crippen LogP contribution in [0.4, 0.5) is 13.2 Å². The smallest absolute Gasteiger partial charge is 0.406 e. The van der Waals surface area contributed by atoms with Crippen LogP contribution in [0.3, 0.4) is 0 Å². The average Bonchev–Trinajstić information content (AvgIpc) is 3.27. The number of alkyl halides is 3. The topological polar surface area (TPSA) is 24.5 Å². The highest BCUT2D eigenvalue weighted by Gasteiger charge is 2.33. The predicted molar refractivity (Wildman–Crippen MR) is 92.6 cm³/mol. The maximum atomic E-state index is 12.5. The van der Waals surface area contributed by atoms with Crippen LogP contribution in [0.5, 0.6) is 5.75 Å². The van der Waals surface area contributed by atoms with E-state index in [9.17, 15) is 13.2 Å². The van der Waals surface area contributed by atoms with E-state index in [2.05, 4.69) is 30.9 Å². The molecule has 1 atom stereocenters. The summed E-state index contributed by atoms with van der Waals surface area (Å²) < 4.78 is 42.3. The first-order chi connectivity index (χ1) is 10.9. The lowest BCUT2D eigenvalue weighted by Crippen LogP contribution is -2.45. The third-order valence-corrected chi connectivity index (χ3v) is 4.82. The Balaban J connectivity index is 0.00000208. The van der Waals surface area contributed by atoms with E-state index in [1.54, 1.807) is 0 Å². The van der Waals surface area contributed by atoms with Crippen molar-refractivity contribution in [2.24, 2.45) is 5.92 Å². The Morgan fingerprint density at radius 1 is 1.21 bits per heavy atom. The second-order valence-electron chi connectivity index (χ2n) is 6.25. The van der Waals surface area contributed by atoms with Crippen molar-refractivity contribution in [3.05, 3.63) is 28.2 Å². The molecule has 24 heavy (non-hydrogen) atoms. The molecule has 8 heteroatoms. The summed E-state index contributed by atoms with van der Waals surface area (Å²) in [7, 11) is 0. The normalized spacial score (nSPS) is 20.3. The van der Waals surface area contributed by atoms with Crippen molar-refractivity contribution in [2.75, 3.05) is 26.2 Å². The Hall–Kier alpha value is -0.500. The van der Waals surface area contributed by atoms with E-state index in [0.29, 0.717) is 10.4 Å². The fraction of sp³-hybridized carbons (Fsp3) is 0.625. The first-order valence-corrected chi connectivity index (χ1v) is 8.71. The highest BCUT2D eigenvalue weighted by atomic mass is 79.9. The molecule has 0 spiro atoms. The lowest BCUT2D eigenvalue weighted by Gasteiger charge is -2.35. The molecule has 0 radical (unpaired) electrons. The minimum absolute atomic E-state index is 0. The van der Waals surface area contributed by atoms with Gasteiger partial charge >= 0.3 is 6.36 Å². The van der Waals surface area contributed by atoms with E-state index < -0.39 is 6.36 Å². The Kier molecular flexibility index (Phi) is 6.82. The first-order valence-electron chi connectivity index (χ1n) is 7.92. The molecule has 1 aromatic carbocycles. The van der Waals surface area contributed by atoms with Crippen LogP contribution in [0, 0.1) is 5.92 Å². The van der Waals surface area contributed by atoms with Gasteiger partial charge in [0, 0.05) is 36.7 Å². The highest BCUT2D eigenvalue weighted by Crippen LogP contribution is 2.41. The highest BCUT2D eigenvalue weighted by molar-refractivity contribution is 9.10.